The zero-order valence-corrected chi connectivity index (χ0v) is 9.63. The minimum Gasteiger partial charge on any atom is -0.391 e. The Balaban J connectivity index is 3.17. The molecule has 6 heteroatoms. The van der Waals surface area contributed by atoms with Crippen LogP contribution in [0.15, 0.2) is 18.2 Å². The maximum atomic E-state index is 12.9. The molecule has 0 saturated heterocycles. The number of nitro benzene ring substituents is 1. The van der Waals surface area contributed by atoms with Crippen LogP contribution in [-0.2, 0) is 0 Å². The molecule has 0 bridgehead atoms. The van der Waals surface area contributed by atoms with E-state index < -0.39 is 28.6 Å². The van der Waals surface area contributed by atoms with Crippen LogP contribution in [0.5, 0.6) is 0 Å². The average molecular weight is 242 g/mol. The minimum absolute atomic E-state index is 0.137. The molecule has 5 nitrogen and oxygen atoms in total. The zero-order chi connectivity index (χ0) is 13.2. The molecule has 1 rings (SSSR count). The highest BCUT2D eigenvalue weighted by molar-refractivity contribution is 5.43. The number of benzene rings is 1. The summed E-state index contributed by atoms with van der Waals surface area (Å²) in [6, 6.07) is 2.23. The Hall–Kier alpha value is -1.53. The number of halogens is 1. The number of hydrogen-bond donors (Lipinski definition) is 2. The van der Waals surface area contributed by atoms with Crippen molar-refractivity contribution in [2.75, 3.05) is 0 Å². The van der Waals surface area contributed by atoms with Crippen LogP contribution in [0.4, 0.5) is 10.1 Å². The highest BCUT2D eigenvalue weighted by Crippen LogP contribution is 2.28. The molecule has 3 N–H and O–H groups in total. The standard InChI is InChI=1S/C11H15FN2O3/c1-6(2)11(15)10(13)8-4-3-7(12)5-9(8)14(16)17/h3-6,10-11,15H,13H2,1-2H3/t10-,11+/m1/s1. The van der Waals surface area contributed by atoms with E-state index in [1.807, 2.05) is 0 Å². The number of hydrogen-bond acceptors (Lipinski definition) is 4. The van der Waals surface area contributed by atoms with Gasteiger partial charge in [0.1, 0.15) is 5.82 Å². The van der Waals surface area contributed by atoms with Crippen LogP contribution in [0.25, 0.3) is 0 Å². The van der Waals surface area contributed by atoms with E-state index in [1.54, 1.807) is 13.8 Å². The van der Waals surface area contributed by atoms with Gasteiger partial charge < -0.3 is 10.8 Å². The van der Waals surface area contributed by atoms with E-state index in [0.29, 0.717) is 0 Å². The molecule has 0 saturated carbocycles. The highest BCUT2D eigenvalue weighted by atomic mass is 19.1. The van der Waals surface area contributed by atoms with Crippen LogP contribution in [0.3, 0.4) is 0 Å². The molecule has 0 amide bonds. The summed E-state index contributed by atoms with van der Waals surface area (Å²) < 4.78 is 12.9. The minimum atomic E-state index is -0.917. The smallest absolute Gasteiger partial charge is 0.277 e. The van der Waals surface area contributed by atoms with Crippen LogP contribution >= 0.6 is 0 Å². The molecule has 0 aliphatic heterocycles. The van der Waals surface area contributed by atoms with Crippen LogP contribution in [0.2, 0.25) is 0 Å². The van der Waals surface area contributed by atoms with Crippen molar-refractivity contribution in [2.24, 2.45) is 11.7 Å². The monoisotopic (exact) mass is 242 g/mol. The lowest BCUT2D eigenvalue weighted by atomic mass is 9.93. The van der Waals surface area contributed by atoms with Crippen LogP contribution < -0.4 is 5.73 Å². The lowest BCUT2D eigenvalue weighted by Crippen LogP contribution is -2.31. The first-order valence-electron chi connectivity index (χ1n) is 5.22. The van der Waals surface area contributed by atoms with Gasteiger partial charge in [-0.25, -0.2) is 4.39 Å². The van der Waals surface area contributed by atoms with Crippen molar-refractivity contribution < 1.29 is 14.4 Å². The summed E-state index contributed by atoms with van der Waals surface area (Å²) in [6.07, 6.45) is -0.917. The summed E-state index contributed by atoms with van der Waals surface area (Å²) in [5.41, 5.74) is 5.48. The fourth-order valence-corrected chi connectivity index (χ4v) is 1.56. The van der Waals surface area contributed by atoms with Gasteiger partial charge in [-0.15, -0.1) is 0 Å². The molecule has 0 aliphatic rings. The van der Waals surface area contributed by atoms with Crippen molar-refractivity contribution in [3.8, 4) is 0 Å². The maximum absolute atomic E-state index is 12.9. The topological polar surface area (TPSA) is 89.4 Å². The number of aliphatic hydroxyl groups excluding tert-OH is 1. The van der Waals surface area contributed by atoms with E-state index in [2.05, 4.69) is 0 Å². The Morgan fingerprint density at radius 2 is 2.06 bits per heavy atom. The van der Waals surface area contributed by atoms with Crippen LogP contribution in [0, 0.1) is 21.8 Å². The second kappa shape index (κ2) is 5.20. The van der Waals surface area contributed by atoms with E-state index in [1.165, 1.54) is 6.07 Å². The van der Waals surface area contributed by atoms with Crippen molar-refractivity contribution in [3.05, 3.63) is 39.7 Å². The lowest BCUT2D eigenvalue weighted by molar-refractivity contribution is -0.386. The fraction of sp³-hybridized carbons (Fsp3) is 0.455. The van der Waals surface area contributed by atoms with Crippen molar-refractivity contribution >= 4 is 5.69 Å². The predicted octanol–water partition coefficient (Wildman–Crippen LogP) is 1.75. The zero-order valence-electron chi connectivity index (χ0n) is 9.63. The molecule has 0 radical (unpaired) electrons. The van der Waals surface area contributed by atoms with E-state index in [-0.39, 0.29) is 11.5 Å². The first kappa shape index (κ1) is 13.5. The third-order valence-electron chi connectivity index (χ3n) is 2.60. The summed E-state index contributed by atoms with van der Waals surface area (Å²) in [5, 5.41) is 20.6. The van der Waals surface area contributed by atoms with Gasteiger partial charge in [0.05, 0.1) is 23.1 Å². The van der Waals surface area contributed by atoms with E-state index in [9.17, 15) is 19.6 Å². The van der Waals surface area contributed by atoms with Gasteiger partial charge in [0.25, 0.3) is 5.69 Å². The molecule has 94 valence electrons. The van der Waals surface area contributed by atoms with E-state index in [4.69, 9.17) is 5.73 Å². The summed E-state index contributed by atoms with van der Waals surface area (Å²) in [5.74, 6) is -0.846. The number of nitro groups is 1. The SMILES string of the molecule is CC(C)[C@H](O)[C@H](N)c1ccc(F)cc1[N+](=O)[O-]. The summed E-state index contributed by atoms with van der Waals surface area (Å²) >= 11 is 0. The molecule has 0 unspecified atom stereocenters. The Morgan fingerprint density at radius 3 is 2.53 bits per heavy atom. The van der Waals surface area contributed by atoms with Crippen molar-refractivity contribution in [1.29, 1.82) is 0 Å². The van der Waals surface area contributed by atoms with Gasteiger partial charge in [0, 0.05) is 5.56 Å². The molecular weight excluding hydrogens is 227 g/mol. The summed E-state index contributed by atoms with van der Waals surface area (Å²) in [4.78, 5) is 10.1. The van der Waals surface area contributed by atoms with Gasteiger partial charge in [-0.05, 0) is 18.1 Å². The van der Waals surface area contributed by atoms with Crippen molar-refractivity contribution in [2.45, 2.75) is 26.0 Å². The first-order valence-corrected chi connectivity index (χ1v) is 5.22. The Kier molecular flexibility index (Phi) is 4.14. The van der Waals surface area contributed by atoms with Crippen LogP contribution in [-0.4, -0.2) is 16.1 Å². The quantitative estimate of drug-likeness (QED) is 0.621. The molecule has 1 aromatic rings. The maximum Gasteiger partial charge on any atom is 0.277 e. The third-order valence-corrected chi connectivity index (χ3v) is 2.60. The van der Waals surface area contributed by atoms with E-state index >= 15 is 0 Å². The average Bonchev–Trinajstić information content (AvgIpc) is 2.26. The molecule has 0 aliphatic carbocycles. The molecule has 0 fully saturated rings. The molecule has 17 heavy (non-hydrogen) atoms. The largest absolute Gasteiger partial charge is 0.391 e. The number of nitrogens with zero attached hydrogens (tertiary/aromatic N) is 1. The Morgan fingerprint density at radius 1 is 1.47 bits per heavy atom. The molecule has 2 atom stereocenters. The van der Waals surface area contributed by atoms with Gasteiger partial charge in [-0.1, -0.05) is 13.8 Å². The molecule has 0 heterocycles. The first-order chi connectivity index (χ1) is 7.84. The van der Waals surface area contributed by atoms with Gasteiger partial charge in [-0.2, -0.15) is 0 Å². The molecule has 1 aromatic carbocycles. The van der Waals surface area contributed by atoms with Gasteiger partial charge in [0.2, 0.25) is 0 Å². The number of nitrogens with two attached hydrogens (primary N) is 1. The van der Waals surface area contributed by atoms with Crippen molar-refractivity contribution in [1.82, 2.24) is 0 Å². The Bertz CT molecular complexity index is 423. The van der Waals surface area contributed by atoms with Crippen LogP contribution in [0.1, 0.15) is 25.5 Å². The second-order valence-corrected chi connectivity index (χ2v) is 4.22. The third kappa shape index (κ3) is 2.98. The fourth-order valence-electron chi connectivity index (χ4n) is 1.56. The Labute approximate surface area is 98.2 Å². The highest BCUT2D eigenvalue weighted by Gasteiger charge is 2.27. The van der Waals surface area contributed by atoms with Crippen molar-refractivity contribution in [3.63, 3.8) is 0 Å². The number of aliphatic hydroxyl groups is 1. The summed E-state index contributed by atoms with van der Waals surface area (Å²) in [6.45, 7) is 3.50. The lowest BCUT2D eigenvalue weighted by Gasteiger charge is -2.22. The van der Waals surface area contributed by atoms with Gasteiger partial charge in [-0.3, -0.25) is 10.1 Å². The summed E-state index contributed by atoms with van der Waals surface area (Å²) in [7, 11) is 0. The predicted molar refractivity (Wildman–Crippen MR) is 60.8 cm³/mol. The van der Waals surface area contributed by atoms with Gasteiger partial charge >= 0.3 is 0 Å². The molecule has 0 aromatic heterocycles. The normalized spacial score (nSPS) is 14.7. The molecular formula is C11H15FN2O3. The van der Waals surface area contributed by atoms with Gasteiger partial charge in [0.15, 0.2) is 0 Å². The molecule has 0 spiro atoms. The number of rotatable bonds is 4. The van der Waals surface area contributed by atoms with E-state index in [0.717, 1.165) is 12.1 Å². The second-order valence-electron chi connectivity index (χ2n) is 4.22.